The largest absolute Gasteiger partial charge is 0.480 e. The maximum absolute atomic E-state index is 12.7. The van der Waals surface area contributed by atoms with Crippen LogP contribution in [0.15, 0.2) is 12.2 Å². The van der Waals surface area contributed by atoms with Gasteiger partial charge in [-0.2, -0.15) is 13.2 Å². The minimum absolute atomic E-state index is 0.0980. The van der Waals surface area contributed by atoms with Crippen molar-refractivity contribution in [2.24, 2.45) is 5.73 Å². The number of carboxylic acid groups (broad SMARTS) is 1. The molecule has 0 bridgehead atoms. The van der Waals surface area contributed by atoms with Gasteiger partial charge in [0.25, 0.3) is 6.43 Å². The van der Waals surface area contributed by atoms with Crippen molar-refractivity contribution in [2.45, 2.75) is 75.6 Å². The Hall–Kier alpha value is -1.22. The lowest BCUT2D eigenvalue weighted by atomic mass is 9.91. The SMILES string of the molecule is NC(C(=O)O)(C(F)F)C(O)CC/C=C/CCCCCCC(F)(F)F. The van der Waals surface area contributed by atoms with E-state index >= 15 is 0 Å². The first-order chi connectivity index (χ1) is 11.0. The van der Waals surface area contributed by atoms with E-state index in [1.165, 1.54) is 0 Å². The van der Waals surface area contributed by atoms with E-state index in [1.54, 1.807) is 12.2 Å². The van der Waals surface area contributed by atoms with E-state index in [4.69, 9.17) is 10.8 Å². The van der Waals surface area contributed by atoms with E-state index in [-0.39, 0.29) is 19.3 Å². The number of alkyl halides is 5. The van der Waals surface area contributed by atoms with Gasteiger partial charge in [-0.3, -0.25) is 0 Å². The Morgan fingerprint density at radius 2 is 1.58 bits per heavy atom. The molecule has 0 heterocycles. The Kier molecular flexibility index (Phi) is 10.1. The van der Waals surface area contributed by atoms with Crippen molar-refractivity contribution in [1.82, 2.24) is 0 Å². The number of allylic oxidation sites excluding steroid dienone is 2. The summed E-state index contributed by atoms with van der Waals surface area (Å²) in [7, 11) is 0. The van der Waals surface area contributed by atoms with Crippen molar-refractivity contribution < 1.29 is 37.0 Å². The fraction of sp³-hybridized carbons (Fsp3) is 0.800. The number of aliphatic hydroxyl groups is 1. The summed E-state index contributed by atoms with van der Waals surface area (Å²) in [6.07, 6.45) is -4.37. The fourth-order valence-corrected chi connectivity index (χ4v) is 2.05. The molecular weight excluding hydrogens is 337 g/mol. The summed E-state index contributed by atoms with van der Waals surface area (Å²) in [6.45, 7) is 0. The Bertz CT molecular complexity index is 401. The quantitative estimate of drug-likeness (QED) is 0.282. The number of halogens is 5. The average molecular weight is 361 g/mol. The molecule has 4 nitrogen and oxygen atoms in total. The topological polar surface area (TPSA) is 83.6 Å². The zero-order chi connectivity index (χ0) is 18.8. The van der Waals surface area contributed by atoms with E-state index in [0.717, 1.165) is 0 Å². The zero-order valence-corrected chi connectivity index (χ0v) is 13.2. The number of aliphatic hydroxyl groups excluding tert-OH is 1. The lowest BCUT2D eigenvalue weighted by Crippen LogP contribution is -2.62. The van der Waals surface area contributed by atoms with Crippen molar-refractivity contribution in [1.29, 1.82) is 0 Å². The van der Waals surface area contributed by atoms with E-state index < -0.39 is 36.6 Å². The smallest absolute Gasteiger partial charge is 0.389 e. The third-order valence-electron chi connectivity index (χ3n) is 3.64. The highest BCUT2D eigenvalue weighted by atomic mass is 19.4. The van der Waals surface area contributed by atoms with Crippen LogP contribution in [0.5, 0.6) is 0 Å². The van der Waals surface area contributed by atoms with Gasteiger partial charge >= 0.3 is 12.1 Å². The zero-order valence-electron chi connectivity index (χ0n) is 13.2. The molecule has 142 valence electrons. The second kappa shape index (κ2) is 10.6. The predicted octanol–water partition coefficient (Wildman–Crippen LogP) is 3.63. The van der Waals surface area contributed by atoms with Crippen LogP contribution in [-0.2, 0) is 4.79 Å². The molecule has 0 aromatic carbocycles. The monoisotopic (exact) mass is 361 g/mol. The van der Waals surface area contributed by atoms with Gasteiger partial charge < -0.3 is 15.9 Å². The molecule has 0 amide bonds. The molecule has 0 fully saturated rings. The first kappa shape index (κ1) is 22.8. The van der Waals surface area contributed by atoms with Gasteiger partial charge in [-0.25, -0.2) is 13.6 Å². The number of unbranched alkanes of at least 4 members (excludes halogenated alkanes) is 4. The highest BCUT2D eigenvalue weighted by Crippen LogP contribution is 2.23. The van der Waals surface area contributed by atoms with Crippen LogP contribution in [0.25, 0.3) is 0 Å². The number of aliphatic carboxylic acids is 1. The summed E-state index contributed by atoms with van der Waals surface area (Å²) in [5.41, 5.74) is 2.07. The Labute approximate surface area is 137 Å². The van der Waals surface area contributed by atoms with Gasteiger partial charge in [-0.1, -0.05) is 25.0 Å². The second-order valence-corrected chi connectivity index (χ2v) is 5.67. The number of hydrogen-bond acceptors (Lipinski definition) is 3. The van der Waals surface area contributed by atoms with Crippen LogP contribution >= 0.6 is 0 Å². The lowest BCUT2D eigenvalue weighted by molar-refractivity contribution is -0.157. The summed E-state index contributed by atoms with van der Waals surface area (Å²) in [5, 5.41) is 18.3. The number of rotatable bonds is 12. The number of nitrogens with two attached hydrogens (primary N) is 1. The second-order valence-electron chi connectivity index (χ2n) is 5.67. The lowest BCUT2D eigenvalue weighted by Gasteiger charge is -2.28. The number of hydrogen-bond donors (Lipinski definition) is 3. The van der Waals surface area contributed by atoms with Crippen LogP contribution in [0.2, 0.25) is 0 Å². The van der Waals surface area contributed by atoms with Gasteiger partial charge in [0.05, 0.1) is 6.10 Å². The van der Waals surface area contributed by atoms with Crippen molar-refractivity contribution in [3.63, 3.8) is 0 Å². The molecule has 24 heavy (non-hydrogen) atoms. The first-order valence-electron chi connectivity index (χ1n) is 7.72. The summed E-state index contributed by atoms with van der Waals surface area (Å²) >= 11 is 0. The molecule has 4 N–H and O–H groups in total. The summed E-state index contributed by atoms with van der Waals surface area (Å²) in [5.74, 6) is -1.96. The molecular formula is C15H24F5NO3. The molecule has 9 heteroatoms. The highest BCUT2D eigenvalue weighted by Gasteiger charge is 2.49. The van der Waals surface area contributed by atoms with Gasteiger partial charge in [-0.05, 0) is 32.1 Å². The Morgan fingerprint density at radius 1 is 1.04 bits per heavy atom. The van der Waals surface area contributed by atoms with Gasteiger partial charge in [0.2, 0.25) is 5.54 Å². The van der Waals surface area contributed by atoms with E-state index in [9.17, 15) is 31.9 Å². The molecule has 0 aromatic rings. The van der Waals surface area contributed by atoms with E-state index in [0.29, 0.717) is 25.7 Å². The minimum Gasteiger partial charge on any atom is -0.480 e. The van der Waals surface area contributed by atoms with Crippen molar-refractivity contribution in [2.75, 3.05) is 0 Å². The van der Waals surface area contributed by atoms with Crippen molar-refractivity contribution in [3.05, 3.63) is 12.2 Å². The maximum Gasteiger partial charge on any atom is 0.389 e. The Balaban J connectivity index is 3.88. The minimum atomic E-state index is -4.12. The summed E-state index contributed by atoms with van der Waals surface area (Å²) < 4.78 is 61.0. The molecule has 0 spiro atoms. The maximum atomic E-state index is 12.7. The number of carbonyl (C=O) groups is 1. The van der Waals surface area contributed by atoms with Crippen molar-refractivity contribution in [3.8, 4) is 0 Å². The standard InChI is InChI=1S/C15H24F5NO3/c16-12(17)15(21,13(23)24)11(22)9-7-5-3-1-2-4-6-8-10-14(18,19)20/h3,5,11-12,22H,1-2,4,6-10,21H2,(H,23,24)/b5-3+. The third kappa shape index (κ3) is 8.58. The molecule has 0 rings (SSSR count). The predicted molar refractivity (Wildman–Crippen MR) is 78.7 cm³/mol. The fourth-order valence-electron chi connectivity index (χ4n) is 2.05. The normalized spacial score (nSPS) is 16.5. The molecule has 0 aromatic heterocycles. The first-order valence-corrected chi connectivity index (χ1v) is 7.72. The van der Waals surface area contributed by atoms with Crippen LogP contribution < -0.4 is 5.73 Å². The molecule has 0 aliphatic heterocycles. The van der Waals surface area contributed by atoms with Gasteiger partial charge in [-0.15, -0.1) is 0 Å². The summed E-state index contributed by atoms with van der Waals surface area (Å²) in [4.78, 5) is 10.8. The molecule has 2 unspecified atom stereocenters. The average Bonchev–Trinajstić information content (AvgIpc) is 2.46. The molecule has 0 saturated carbocycles. The molecule has 2 atom stereocenters. The van der Waals surface area contributed by atoms with Crippen LogP contribution in [-0.4, -0.2) is 40.4 Å². The number of carboxylic acids is 1. The van der Waals surface area contributed by atoms with Crippen LogP contribution in [0.1, 0.15) is 51.4 Å². The van der Waals surface area contributed by atoms with Crippen LogP contribution in [0.3, 0.4) is 0 Å². The molecule has 0 aliphatic rings. The molecule has 0 saturated heterocycles. The highest BCUT2D eigenvalue weighted by molar-refractivity contribution is 5.80. The summed E-state index contributed by atoms with van der Waals surface area (Å²) in [6, 6.07) is 0. The van der Waals surface area contributed by atoms with Gasteiger partial charge in [0.1, 0.15) is 0 Å². The third-order valence-corrected chi connectivity index (χ3v) is 3.64. The van der Waals surface area contributed by atoms with Gasteiger partial charge in [0.15, 0.2) is 0 Å². The van der Waals surface area contributed by atoms with Crippen LogP contribution in [0, 0.1) is 0 Å². The van der Waals surface area contributed by atoms with E-state index in [2.05, 4.69) is 0 Å². The van der Waals surface area contributed by atoms with Crippen molar-refractivity contribution >= 4 is 5.97 Å². The van der Waals surface area contributed by atoms with Crippen LogP contribution in [0.4, 0.5) is 22.0 Å². The Morgan fingerprint density at radius 3 is 2.08 bits per heavy atom. The van der Waals surface area contributed by atoms with E-state index in [1.807, 2.05) is 0 Å². The molecule has 0 radical (unpaired) electrons. The van der Waals surface area contributed by atoms with Gasteiger partial charge in [0, 0.05) is 6.42 Å². The molecule has 0 aliphatic carbocycles.